The number of amides is 1. The molecule has 0 saturated heterocycles. The molecule has 0 fully saturated rings. The van der Waals surface area contributed by atoms with Crippen molar-refractivity contribution in [2.45, 2.75) is 51.7 Å². The Labute approximate surface area is 160 Å². The second-order valence-electron chi connectivity index (χ2n) is 7.32. The summed E-state index contributed by atoms with van der Waals surface area (Å²) in [6, 6.07) is 11.5. The zero-order valence-electron chi connectivity index (χ0n) is 16.1. The molecule has 2 rings (SSSR count). The first-order chi connectivity index (χ1) is 12.6. The molecule has 2 aromatic rings. The third-order valence-electron chi connectivity index (χ3n) is 4.33. The van der Waals surface area contributed by atoms with Crippen molar-refractivity contribution < 1.29 is 17.6 Å². The summed E-state index contributed by atoms with van der Waals surface area (Å²) in [5.41, 5.74) is 2.77. The molecule has 0 heterocycles. The van der Waals surface area contributed by atoms with Crippen LogP contribution in [-0.4, -0.2) is 14.3 Å². The van der Waals surface area contributed by atoms with Crippen LogP contribution in [0.5, 0.6) is 0 Å². The molecule has 1 amide bonds. The summed E-state index contributed by atoms with van der Waals surface area (Å²) in [5, 5.41) is 0. The molecular weight excluding hydrogens is 365 g/mol. The summed E-state index contributed by atoms with van der Waals surface area (Å²) in [4.78, 5) is 12.5. The first kappa shape index (κ1) is 21.1. The molecule has 146 valence electrons. The highest BCUT2D eigenvalue weighted by molar-refractivity contribution is 7.89. The second kappa shape index (κ2) is 8.65. The van der Waals surface area contributed by atoms with E-state index < -0.39 is 15.9 Å². The molecule has 0 aliphatic heterocycles. The topological polar surface area (TPSA) is 63.2 Å². The quantitative estimate of drug-likeness (QED) is 0.767. The second-order valence-corrected chi connectivity index (χ2v) is 9.04. The van der Waals surface area contributed by atoms with E-state index in [1.807, 2.05) is 27.7 Å². The normalized spacial score (nSPS) is 11.8. The number of hydrogen-bond acceptors (Lipinski definition) is 3. The summed E-state index contributed by atoms with van der Waals surface area (Å²) < 4.78 is 40.7. The van der Waals surface area contributed by atoms with Crippen molar-refractivity contribution in [3.8, 4) is 0 Å². The van der Waals surface area contributed by atoms with Gasteiger partial charge in [0.2, 0.25) is 15.9 Å². The lowest BCUT2D eigenvalue weighted by Gasteiger charge is -2.20. The van der Waals surface area contributed by atoms with E-state index in [4.69, 9.17) is 0 Å². The lowest BCUT2D eigenvalue weighted by molar-refractivity contribution is -0.118. The summed E-state index contributed by atoms with van der Waals surface area (Å²) in [7, 11) is -3.80. The number of carbonyl (C=O) groups is 1. The van der Waals surface area contributed by atoms with Crippen molar-refractivity contribution in [1.29, 1.82) is 0 Å². The van der Waals surface area contributed by atoms with Gasteiger partial charge >= 0.3 is 0 Å². The first-order valence-electron chi connectivity index (χ1n) is 8.98. The Balaban J connectivity index is 2.24. The van der Waals surface area contributed by atoms with Crippen LogP contribution in [0.3, 0.4) is 0 Å². The van der Waals surface area contributed by atoms with Crippen LogP contribution in [0, 0.1) is 5.82 Å². The Bertz CT molecular complexity index is 877. The number of nitrogens with one attached hydrogen (secondary N) is 1. The monoisotopic (exact) mass is 391 g/mol. The molecule has 1 N–H and O–H groups in total. The van der Waals surface area contributed by atoms with Gasteiger partial charge in [-0.25, -0.2) is 12.8 Å². The Hall–Kier alpha value is -2.21. The minimum atomic E-state index is -3.80. The molecule has 27 heavy (non-hydrogen) atoms. The number of hydrogen-bond donors (Lipinski definition) is 1. The molecule has 0 saturated carbocycles. The predicted octanol–water partition coefficient (Wildman–Crippen LogP) is 4.26. The summed E-state index contributed by atoms with van der Waals surface area (Å²) >= 11 is 0. The minimum absolute atomic E-state index is 0.0157. The zero-order chi connectivity index (χ0) is 20.2. The molecule has 0 atom stereocenters. The van der Waals surface area contributed by atoms with Gasteiger partial charge in [0.15, 0.2) is 0 Å². The molecule has 0 bridgehead atoms. The average Bonchev–Trinajstić information content (AvgIpc) is 2.55. The van der Waals surface area contributed by atoms with E-state index in [-0.39, 0.29) is 29.8 Å². The van der Waals surface area contributed by atoms with Crippen LogP contribution in [0.2, 0.25) is 0 Å². The summed E-state index contributed by atoms with van der Waals surface area (Å²) in [5.74, 6) is -1.19. The molecule has 0 aliphatic rings. The van der Waals surface area contributed by atoms with Crippen LogP contribution in [-0.2, 0) is 27.0 Å². The largest absolute Gasteiger partial charge is 0.274 e. The highest BCUT2D eigenvalue weighted by Crippen LogP contribution is 2.29. The van der Waals surface area contributed by atoms with Crippen LogP contribution < -0.4 is 4.72 Å². The zero-order valence-corrected chi connectivity index (χ0v) is 16.9. The van der Waals surface area contributed by atoms with Gasteiger partial charge in [-0.2, -0.15) is 0 Å². The van der Waals surface area contributed by atoms with Crippen LogP contribution in [0.15, 0.2) is 42.5 Å². The van der Waals surface area contributed by atoms with Gasteiger partial charge in [0.05, 0.1) is 12.2 Å². The van der Waals surface area contributed by atoms with E-state index in [1.54, 1.807) is 30.3 Å². The molecule has 6 heteroatoms. The number of rotatable bonds is 7. The fourth-order valence-electron chi connectivity index (χ4n) is 3.11. The SMILES string of the molecule is CC(C)c1cc(F)cc(C(C)C)c1CC(=O)NS(=O)(=O)Cc1ccccc1. The van der Waals surface area contributed by atoms with E-state index in [1.165, 1.54) is 12.1 Å². The van der Waals surface area contributed by atoms with Crippen LogP contribution >= 0.6 is 0 Å². The number of halogens is 1. The molecule has 2 aromatic carbocycles. The maximum atomic E-state index is 14.0. The lowest BCUT2D eigenvalue weighted by Crippen LogP contribution is -2.33. The average molecular weight is 392 g/mol. The van der Waals surface area contributed by atoms with E-state index in [0.717, 1.165) is 11.1 Å². The van der Waals surface area contributed by atoms with Crippen molar-refractivity contribution in [2.24, 2.45) is 0 Å². The summed E-state index contributed by atoms with van der Waals surface area (Å²) in [6.45, 7) is 7.69. The Kier molecular flexibility index (Phi) is 6.76. The smallest absolute Gasteiger partial charge is 0.239 e. The molecule has 0 radical (unpaired) electrons. The number of sulfonamides is 1. The van der Waals surface area contributed by atoms with E-state index >= 15 is 0 Å². The lowest BCUT2D eigenvalue weighted by atomic mass is 9.87. The minimum Gasteiger partial charge on any atom is -0.274 e. The Morgan fingerprint density at radius 2 is 1.52 bits per heavy atom. The van der Waals surface area contributed by atoms with Crippen molar-refractivity contribution in [1.82, 2.24) is 4.72 Å². The van der Waals surface area contributed by atoms with E-state index in [9.17, 15) is 17.6 Å². The summed E-state index contributed by atoms with van der Waals surface area (Å²) in [6.07, 6.45) is -0.102. The molecule has 0 aromatic heterocycles. The fraction of sp³-hybridized carbons (Fsp3) is 0.381. The fourth-order valence-corrected chi connectivity index (χ4v) is 4.24. The Morgan fingerprint density at radius 3 is 2.00 bits per heavy atom. The van der Waals surface area contributed by atoms with Gasteiger partial charge in [-0.1, -0.05) is 58.0 Å². The molecular formula is C21H26FNO3S. The molecule has 0 aliphatic carbocycles. The standard InChI is InChI=1S/C21H26FNO3S/c1-14(2)18-10-17(22)11-19(15(3)4)20(18)12-21(24)23-27(25,26)13-16-8-6-5-7-9-16/h5-11,14-15H,12-13H2,1-4H3,(H,23,24). The maximum Gasteiger partial charge on any atom is 0.239 e. The molecule has 0 spiro atoms. The molecule has 4 nitrogen and oxygen atoms in total. The van der Waals surface area contributed by atoms with Crippen molar-refractivity contribution in [3.05, 3.63) is 70.5 Å². The van der Waals surface area contributed by atoms with Crippen molar-refractivity contribution in [2.75, 3.05) is 0 Å². The van der Waals surface area contributed by atoms with Gasteiger partial charge in [-0.3, -0.25) is 9.52 Å². The van der Waals surface area contributed by atoms with E-state index in [2.05, 4.69) is 4.72 Å². The van der Waals surface area contributed by atoms with Gasteiger partial charge in [0.25, 0.3) is 0 Å². The highest BCUT2D eigenvalue weighted by atomic mass is 32.2. The van der Waals surface area contributed by atoms with Crippen molar-refractivity contribution in [3.63, 3.8) is 0 Å². The third kappa shape index (κ3) is 5.89. The number of benzene rings is 2. The number of carbonyl (C=O) groups excluding carboxylic acids is 1. The van der Waals surface area contributed by atoms with Crippen LogP contribution in [0.4, 0.5) is 4.39 Å². The van der Waals surface area contributed by atoms with Gasteiger partial charge in [0.1, 0.15) is 5.82 Å². The first-order valence-corrected chi connectivity index (χ1v) is 10.6. The van der Waals surface area contributed by atoms with Gasteiger partial charge < -0.3 is 0 Å². The third-order valence-corrected chi connectivity index (χ3v) is 5.59. The van der Waals surface area contributed by atoms with Crippen molar-refractivity contribution >= 4 is 15.9 Å². The predicted molar refractivity (Wildman–Crippen MR) is 105 cm³/mol. The Morgan fingerprint density at radius 1 is 1.00 bits per heavy atom. The van der Waals surface area contributed by atoms with Gasteiger partial charge in [-0.05, 0) is 46.2 Å². The van der Waals surface area contributed by atoms with Crippen LogP contribution in [0.1, 0.15) is 61.8 Å². The highest BCUT2D eigenvalue weighted by Gasteiger charge is 2.21. The molecule has 0 unspecified atom stereocenters. The van der Waals surface area contributed by atoms with Gasteiger partial charge in [0, 0.05) is 0 Å². The van der Waals surface area contributed by atoms with Gasteiger partial charge in [-0.15, -0.1) is 0 Å². The van der Waals surface area contributed by atoms with Crippen LogP contribution in [0.25, 0.3) is 0 Å². The maximum absolute atomic E-state index is 14.0. The van der Waals surface area contributed by atoms with E-state index in [0.29, 0.717) is 11.1 Å².